The molecule has 0 radical (unpaired) electrons. The third kappa shape index (κ3) is 4.68. The van der Waals surface area contributed by atoms with Crippen LogP contribution in [0.3, 0.4) is 0 Å². The van der Waals surface area contributed by atoms with Gasteiger partial charge in [0.05, 0.1) is 29.1 Å². The van der Waals surface area contributed by atoms with Crippen LogP contribution in [0.25, 0.3) is 10.6 Å². The Labute approximate surface area is 159 Å². The van der Waals surface area contributed by atoms with E-state index in [1.165, 1.54) is 28.3 Å². The zero-order valence-electron chi connectivity index (χ0n) is 14.5. The minimum atomic E-state index is -0.418. The maximum atomic E-state index is 12.2. The van der Waals surface area contributed by atoms with Crippen LogP contribution in [0.4, 0.5) is 5.69 Å². The molecule has 3 aromatic rings. The molecule has 2 heterocycles. The Balaban J connectivity index is 1.64. The second-order valence-electron chi connectivity index (χ2n) is 5.56. The van der Waals surface area contributed by atoms with Crippen LogP contribution < -0.4 is 10.9 Å². The number of aromatic nitrogens is 2. The highest BCUT2D eigenvalue weighted by Crippen LogP contribution is 2.20. The van der Waals surface area contributed by atoms with Gasteiger partial charge >= 0.3 is 5.97 Å². The fourth-order valence-electron chi connectivity index (χ4n) is 2.36. The summed E-state index contributed by atoms with van der Waals surface area (Å²) in [5, 5.41) is 4.59. The van der Waals surface area contributed by atoms with E-state index in [1.54, 1.807) is 31.2 Å². The van der Waals surface area contributed by atoms with Crippen molar-refractivity contribution in [1.29, 1.82) is 0 Å². The van der Waals surface area contributed by atoms with Crippen molar-refractivity contribution in [2.45, 2.75) is 13.5 Å². The molecule has 0 aliphatic carbocycles. The summed E-state index contributed by atoms with van der Waals surface area (Å²) in [5.74, 6) is -0.787. The van der Waals surface area contributed by atoms with Crippen molar-refractivity contribution in [1.82, 2.24) is 9.55 Å². The third-order valence-corrected chi connectivity index (χ3v) is 4.54. The number of nitrogens with one attached hydrogen (secondary N) is 1. The normalized spacial score (nSPS) is 10.4. The number of nitrogens with zero attached hydrogens (tertiary/aromatic N) is 2. The molecule has 0 bridgehead atoms. The van der Waals surface area contributed by atoms with Crippen molar-refractivity contribution in [3.63, 3.8) is 0 Å². The van der Waals surface area contributed by atoms with Gasteiger partial charge in [-0.15, -0.1) is 11.3 Å². The fourth-order valence-corrected chi connectivity index (χ4v) is 3.06. The molecule has 3 rings (SSSR count). The van der Waals surface area contributed by atoms with Gasteiger partial charge in [-0.3, -0.25) is 14.2 Å². The fraction of sp³-hybridized carbons (Fsp3) is 0.158. The maximum absolute atomic E-state index is 12.2. The number of rotatable bonds is 6. The minimum Gasteiger partial charge on any atom is -0.462 e. The molecule has 0 fully saturated rings. The number of carbonyl (C=O) groups is 2. The number of hydrogen-bond donors (Lipinski definition) is 1. The van der Waals surface area contributed by atoms with Crippen molar-refractivity contribution in [2.24, 2.45) is 0 Å². The molecular formula is C19H17N3O4S. The van der Waals surface area contributed by atoms with Gasteiger partial charge in [-0.05, 0) is 42.6 Å². The number of anilines is 1. The molecule has 7 nitrogen and oxygen atoms in total. The van der Waals surface area contributed by atoms with Crippen molar-refractivity contribution in [2.75, 3.05) is 11.9 Å². The summed E-state index contributed by atoms with van der Waals surface area (Å²) in [7, 11) is 0. The van der Waals surface area contributed by atoms with Gasteiger partial charge in [-0.1, -0.05) is 6.07 Å². The Hall–Kier alpha value is -3.26. The first-order valence-corrected chi connectivity index (χ1v) is 9.12. The predicted molar refractivity (Wildman–Crippen MR) is 103 cm³/mol. The van der Waals surface area contributed by atoms with Crippen molar-refractivity contribution >= 4 is 28.9 Å². The smallest absolute Gasteiger partial charge is 0.338 e. The van der Waals surface area contributed by atoms with Crippen LogP contribution in [0.5, 0.6) is 0 Å². The van der Waals surface area contributed by atoms with Crippen LogP contribution in [0.2, 0.25) is 0 Å². The van der Waals surface area contributed by atoms with Crippen molar-refractivity contribution in [3.05, 3.63) is 70.1 Å². The van der Waals surface area contributed by atoms with Gasteiger partial charge in [0, 0.05) is 11.8 Å². The third-order valence-electron chi connectivity index (χ3n) is 3.65. The Bertz CT molecular complexity index is 995. The second kappa shape index (κ2) is 8.41. The number of ether oxygens (including phenoxy) is 1. The second-order valence-corrected chi connectivity index (χ2v) is 6.51. The van der Waals surface area contributed by atoms with E-state index in [-0.39, 0.29) is 18.0 Å². The first kappa shape index (κ1) is 18.5. The SMILES string of the molecule is CCOC(=O)c1ccc(NC(=O)Cn2cnc(-c3cccs3)cc2=O)cc1. The van der Waals surface area contributed by atoms with Gasteiger partial charge < -0.3 is 10.1 Å². The molecule has 27 heavy (non-hydrogen) atoms. The lowest BCUT2D eigenvalue weighted by molar-refractivity contribution is -0.116. The van der Waals surface area contributed by atoms with Gasteiger partial charge in [0.1, 0.15) is 6.54 Å². The van der Waals surface area contributed by atoms with E-state index in [9.17, 15) is 14.4 Å². The molecular weight excluding hydrogens is 366 g/mol. The van der Waals surface area contributed by atoms with Gasteiger partial charge in [0.25, 0.3) is 5.56 Å². The summed E-state index contributed by atoms with van der Waals surface area (Å²) in [6.45, 7) is 1.87. The standard InChI is InChI=1S/C19H17N3O4S/c1-2-26-19(25)13-5-7-14(8-6-13)21-17(23)11-22-12-20-15(10-18(22)24)16-4-3-9-27-16/h3-10,12H,2,11H2,1H3,(H,21,23). The highest BCUT2D eigenvalue weighted by atomic mass is 32.1. The summed E-state index contributed by atoms with van der Waals surface area (Å²) in [5.41, 5.74) is 1.20. The lowest BCUT2D eigenvalue weighted by Crippen LogP contribution is -2.27. The van der Waals surface area contributed by atoms with Crippen LogP contribution in [-0.4, -0.2) is 28.0 Å². The van der Waals surface area contributed by atoms with E-state index in [4.69, 9.17) is 4.74 Å². The molecule has 8 heteroatoms. The molecule has 1 amide bonds. The summed E-state index contributed by atoms with van der Waals surface area (Å²) >= 11 is 1.49. The zero-order chi connectivity index (χ0) is 19.2. The van der Waals surface area contributed by atoms with Gasteiger partial charge in [0.15, 0.2) is 0 Å². The molecule has 0 atom stereocenters. The zero-order valence-corrected chi connectivity index (χ0v) is 15.4. The predicted octanol–water partition coefficient (Wildman–Crippen LogP) is 2.79. The lowest BCUT2D eigenvalue weighted by Gasteiger charge is -2.08. The van der Waals surface area contributed by atoms with Crippen molar-refractivity contribution in [3.8, 4) is 10.6 Å². The largest absolute Gasteiger partial charge is 0.462 e. The Morgan fingerprint density at radius 3 is 2.63 bits per heavy atom. The van der Waals surface area contributed by atoms with Crippen LogP contribution >= 0.6 is 11.3 Å². The summed E-state index contributed by atoms with van der Waals surface area (Å²) in [6.07, 6.45) is 1.36. The average Bonchev–Trinajstić information content (AvgIpc) is 3.19. The van der Waals surface area contributed by atoms with Gasteiger partial charge in [0.2, 0.25) is 5.91 Å². The van der Waals surface area contributed by atoms with E-state index in [1.807, 2.05) is 17.5 Å². The molecule has 0 saturated carbocycles. The number of benzene rings is 1. The van der Waals surface area contributed by atoms with Crippen LogP contribution in [-0.2, 0) is 16.1 Å². The van der Waals surface area contributed by atoms with Gasteiger partial charge in [-0.25, -0.2) is 9.78 Å². The molecule has 0 spiro atoms. The Kier molecular flexibility index (Phi) is 5.77. The monoisotopic (exact) mass is 383 g/mol. The molecule has 0 saturated heterocycles. The van der Waals surface area contributed by atoms with Crippen LogP contribution in [0.1, 0.15) is 17.3 Å². The molecule has 1 N–H and O–H groups in total. The first-order valence-electron chi connectivity index (χ1n) is 8.24. The van der Waals surface area contributed by atoms with E-state index in [0.717, 1.165) is 4.88 Å². The summed E-state index contributed by atoms with van der Waals surface area (Å²) < 4.78 is 6.14. The van der Waals surface area contributed by atoms with Gasteiger partial charge in [-0.2, -0.15) is 0 Å². The lowest BCUT2D eigenvalue weighted by atomic mass is 10.2. The number of carbonyl (C=O) groups excluding carboxylic acids is 2. The first-order chi connectivity index (χ1) is 13.1. The minimum absolute atomic E-state index is 0.157. The molecule has 2 aromatic heterocycles. The van der Waals surface area contributed by atoms with E-state index >= 15 is 0 Å². The number of esters is 1. The highest BCUT2D eigenvalue weighted by molar-refractivity contribution is 7.13. The number of thiophene rings is 1. The topological polar surface area (TPSA) is 90.3 Å². The molecule has 0 aliphatic rings. The average molecular weight is 383 g/mol. The van der Waals surface area contributed by atoms with E-state index in [2.05, 4.69) is 10.3 Å². The van der Waals surface area contributed by atoms with E-state index in [0.29, 0.717) is 23.6 Å². The summed E-state index contributed by atoms with van der Waals surface area (Å²) in [4.78, 5) is 41.1. The number of amides is 1. The maximum Gasteiger partial charge on any atom is 0.338 e. The number of hydrogen-bond acceptors (Lipinski definition) is 6. The van der Waals surface area contributed by atoms with Crippen LogP contribution in [0.15, 0.2) is 59.0 Å². The Morgan fingerprint density at radius 1 is 1.22 bits per heavy atom. The molecule has 138 valence electrons. The Morgan fingerprint density at radius 2 is 2.00 bits per heavy atom. The summed E-state index contributed by atoms with van der Waals surface area (Å²) in [6, 6.07) is 11.5. The molecule has 0 aliphatic heterocycles. The quantitative estimate of drug-likeness (QED) is 0.661. The molecule has 1 aromatic carbocycles. The highest BCUT2D eigenvalue weighted by Gasteiger charge is 2.09. The van der Waals surface area contributed by atoms with Crippen LogP contribution in [0, 0.1) is 0 Å². The van der Waals surface area contributed by atoms with Crippen molar-refractivity contribution < 1.29 is 14.3 Å². The van der Waals surface area contributed by atoms with E-state index < -0.39 is 5.97 Å². The molecule has 0 unspecified atom stereocenters.